The third-order valence-electron chi connectivity index (χ3n) is 3.42. The normalized spacial score (nSPS) is 14.4. The van der Waals surface area contributed by atoms with E-state index in [1.165, 1.54) is 31.5 Å². The number of hydrogen-bond acceptors (Lipinski definition) is 3. The maximum atomic E-state index is 12.8. The SMILES string of the molecule is CCCCC(CC)CC(NN)c1ccc(F)cn1. The van der Waals surface area contributed by atoms with E-state index in [2.05, 4.69) is 24.3 Å². The summed E-state index contributed by atoms with van der Waals surface area (Å²) in [7, 11) is 0. The van der Waals surface area contributed by atoms with Crippen LogP contribution < -0.4 is 11.3 Å². The number of hydrogen-bond donors (Lipinski definition) is 2. The molecule has 0 aliphatic heterocycles. The van der Waals surface area contributed by atoms with Gasteiger partial charge >= 0.3 is 0 Å². The summed E-state index contributed by atoms with van der Waals surface area (Å²) in [5.41, 5.74) is 3.61. The molecule has 1 aromatic heterocycles. The Hall–Kier alpha value is -1.00. The van der Waals surface area contributed by atoms with E-state index in [4.69, 9.17) is 5.84 Å². The summed E-state index contributed by atoms with van der Waals surface area (Å²) < 4.78 is 12.8. The highest BCUT2D eigenvalue weighted by Crippen LogP contribution is 2.25. The topological polar surface area (TPSA) is 50.9 Å². The Bertz CT molecular complexity index is 326. The minimum absolute atomic E-state index is 0.00686. The van der Waals surface area contributed by atoms with Crippen LogP contribution in [0, 0.1) is 11.7 Å². The maximum Gasteiger partial charge on any atom is 0.141 e. The van der Waals surface area contributed by atoms with Gasteiger partial charge in [0, 0.05) is 0 Å². The van der Waals surface area contributed by atoms with Gasteiger partial charge in [0.05, 0.1) is 17.9 Å². The summed E-state index contributed by atoms with van der Waals surface area (Å²) in [6, 6.07) is 3.14. The van der Waals surface area contributed by atoms with Gasteiger partial charge in [-0.15, -0.1) is 0 Å². The molecule has 18 heavy (non-hydrogen) atoms. The highest BCUT2D eigenvalue weighted by atomic mass is 19.1. The Morgan fingerprint density at radius 1 is 1.39 bits per heavy atom. The lowest BCUT2D eigenvalue weighted by atomic mass is 9.91. The number of hydrazine groups is 1. The number of nitrogens with one attached hydrogen (secondary N) is 1. The van der Waals surface area contributed by atoms with Crippen molar-refractivity contribution < 1.29 is 4.39 Å². The van der Waals surface area contributed by atoms with Crippen molar-refractivity contribution >= 4 is 0 Å². The predicted octanol–water partition coefficient (Wildman–Crippen LogP) is 3.33. The number of halogens is 1. The lowest BCUT2D eigenvalue weighted by Gasteiger charge is -2.21. The van der Waals surface area contributed by atoms with Crippen molar-refractivity contribution in [2.75, 3.05) is 0 Å². The van der Waals surface area contributed by atoms with E-state index >= 15 is 0 Å². The Balaban J connectivity index is 2.62. The van der Waals surface area contributed by atoms with Crippen LogP contribution in [-0.2, 0) is 0 Å². The number of nitrogens with two attached hydrogens (primary N) is 1. The standard InChI is InChI=1S/C14H24FN3/c1-3-5-6-11(4-2)9-14(18-16)13-8-7-12(15)10-17-13/h7-8,10-11,14,18H,3-6,9,16H2,1-2H3. The van der Waals surface area contributed by atoms with E-state index in [-0.39, 0.29) is 11.9 Å². The second-order valence-electron chi connectivity index (χ2n) is 4.77. The van der Waals surface area contributed by atoms with Crippen molar-refractivity contribution in [2.24, 2.45) is 11.8 Å². The molecule has 3 nitrogen and oxygen atoms in total. The first-order valence-electron chi connectivity index (χ1n) is 6.78. The summed E-state index contributed by atoms with van der Waals surface area (Å²) in [6.07, 6.45) is 7.00. The van der Waals surface area contributed by atoms with Gasteiger partial charge in [0.25, 0.3) is 0 Å². The molecule has 1 aromatic rings. The molecule has 0 aliphatic carbocycles. The van der Waals surface area contributed by atoms with Gasteiger partial charge in [-0.1, -0.05) is 39.5 Å². The summed E-state index contributed by atoms with van der Waals surface area (Å²) in [5, 5.41) is 0. The highest BCUT2D eigenvalue weighted by Gasteiger charge is 2.16. The Morgan fingerprint density at radius 2 is 2.17 bits per heavy atom. The molecule has 0 saturated heterocycles. The van der Waals surface area contributed by atoms with Crippen LogP contribution >= 0.6 is 0 Å². The lowest BCUT2D eigenvalue weighted by Crippen LogP contribution is -2.30. The van der Waals surface area contributed by atoms with E-state index in [0.29, 0.717) is 5.92 Å². The minimum atomic E-state index is -0.312. The van der Waals surface area contributed by atoms with E-state index in [0.717, 1.165) is 18.5 Å². The zero-order valence-electron chi connectivity index (χ0n) is 11.3. The largest absolute Gasteiger partial charge is 0.271 e. The van der Waals surface area contributed by atoms with Crippen LogP contribution in [0.5, 0.6) is 0 Å². The van der Waals surface area contributed by atoms with Crippen LogP contribution in [-0.4, -0.2) is 4.98 Å². The summed E-state index contributed by atoms with van der Waals surface area (Å²) in [6.45, 7) is 4.40. The average molecular weight is 253 g/mol. The van der Waals surface area contributed by atoms with Crippen molar-refractivity contribution in [2.45, 2.75) is 52.0 Å². The molecule has 4 heteroatoms. The van der Waals surface area contributed by atoms with Crippen molar-refractivity contribution in [3.05, 3.63) is 29.8 Å². The second-order valence-corrected chi connectivity index (χ2v) is 4.77. The molecular formula is C14H24FN3. The van der Waals surface area contributed by atoms with Crippen LogP contribution in [0.3, 0.4) is 0 Å². The van der Waals surface area contributed by atoms with Gasteiger partial charge in [0.15, 0.2) is 0 Å². The zero-order chi connectivity index (χ0) is 13.4. The van der Waals surface area contributed by atoms with Crippen LogP contribution in [0.2, 0.25) is 0 Å². The molecule has 0 amide bonds. The molecule has 0 aliphatic rings. The van der Waals surface area contributed by atoms with Crippen molar-refractivity contribution in [3.8, 4) is 0 Å². The van der Waals surface area contributed by atoms with Gasteiger partial charge in [-0.05, 0) is 24.5 Å². The number of unbranched alkanes of at least 4 members (excludes halogenated alkanes) is 1. The first kappa shape index (κ1) is 15.1. The number of rotatable bonds is 8. The lowest BCUT2D eigenvalue weighted by molar-refractivity contribution is 0.352. The first-order valence-corrected chi connectivity index (χ1v) is 6.78. The molecule has 1 heterocycles. The molecule has 3 N–H and O–H groups in total. The Kier molecular flexibility index (Phi) is 6.83. The van der Waals surface area contributed by atoms with Crippen molar-refractivity contribution in [1.82, 2.24) is 10.4 Å². The second kappa shape index (κ2) is 8.16. The fourth-order valence-corrected chi connectivity index (χ4v) is 2.18. The predicted molar refractivity (Wildman–Crippen MR) is 72.2 cm³/mol. The fourth-order valence-electron chi connectivity index (χ4n) is 2.18. The number of pyridine rings is 1. The summed E-state index contributed by atoms with van der Waals surface area (Å²) >= 11 is 0. The molecule has 102 valence electrons. The van der Waals surface area contributed by atoms with E-state index < -0.39 is 0 Å². The molecule has 0 aromatic carbocycles. The fraction of sp³-hybridized carbons (Fsp3) is 0.643. The van der Waals surface area contributed by atoms with Crippen LogP contribution in [0.25, 0.3) is 0 Å². The molecule has 0 saturated carbocycles. The molecule has 0 bridgehead atoms. The third kappa shape index (κ3) is 4.70. The van der Waals surface area contributed by atoms with Gasteiger partial charge < -0.3 is 0 Å². The van der Waals surface area contributed by atoms with Crippen LogP contribution in [0.1, 0.15) is 57.7 Å². The highest BCUT2D eigenvalue weighted by molar-refractivity contribution is 5.09. The summed E-state index contributed by atoms with van der Waals surface area (Å²) in [4.78, 5) is 4.10. The smallest absolute Gasteiger partial charge is 0.141 e. The van der Waals surface area contributed by atoms with Gasteiger partial charge in [0.1, 0.15) is 5.82 Å². The van der Waals surface area contributed by atoms with Crippen LogP contribution in [0.15, 0.2) is 18.3 Å². The Labute approximate surface area is 109 Å². The molecule has 0 radical (unpaired) electrons. The minimum Gasteiger partial charge on any atom is -0.271 e. The van der Waals surface area contributed by atoms with Crippen molar-refractivity contribution in [3.63, 3.8) is 0 Å². The van der Waals surface area contributed by atoms with E-state index in [1.807, 2.05) is 0 Å². The van der Waals surface area contributed by atoms with E-state index in [1.54, 1.807) is 6.07 Å². The molecule has 0 fully saturated rings. The number of aromatic nitrogens is 1. The monoisotopic (exact) mass is 253 g/mol. The molecule has 2 unspecified atom stereocenters. The van der Waals surface area contributed by atoms with Crippen LogP contribution in [0.4, 0.5) is 4.39 Å². The Morgan fingerprint density at radius 3 is 2.67 bits per heavy atom. The quantitative estimate of drug-likeness (QED) is 0.552. The van der Waals surface area contributed by atoms with Gasteiger partial charge in [-0.25, -0.2) is 4.39 Å². The van der Waals surface area contributed by atoms with Gasteiger partial charge in [-0.2, -0.15) is 0 Å². The third-order valence-corrected chi connectivity index (χ3v) is 3.42. The average Bonchev–Trinajstić information content (AvgIpc) is 2.40. The molecule has 2 atom stereocenters. The summed E-state index contributed by atoms with van der Waals surface area (Å²) in [5.74, 6) is 5.92. The molecule has 0 spiro atoms. The first-order chi connectivity index (χ1) is 8.71. The van der Waals surface area contributed by atoms with E-state index in [9.17, 15) is 4.39 Å². The van der Waals surface area contributed by atoms with Gasteiger partial charge in [-0.3, -0.25) is 16.3 Å². The van der Waals surface area contributed by atoms with Gasteiger partial charge in [0.2, 0.25) is 0 Å². The molecule has 1 rings (SSSR count). The number of nitrogens with zero attached hydrogens (tertiary/aromatic N) is 1. The van der Waals surface area contributed by atoms with Crippen molar-refractivity contribution in [1.29, 1.82) is 0 Å². The zero-order valence-corrected chi connectivity index (χ0v) is 11.3. The maximum absolute atomic E-state index is 12.8. The molecular weight excluding hydrogens is 229 g/mol.